The van der Waals surface area contributed by atoms with Gasteiger partial charge in [0, 0.05) is 19.7 Å². The van der Waals surface area contributed by atoms with E-state index in [1.54, 1.807) is 0 Å². The number of nitrogens with one attached hydrogen (secondary N) is 1. The lowest BCUT2D eigenvalue weighted by atomic mass is 9.86. The highest BCUT2D eigenvalue weighted by Crippen LogP contribution is 2.34. The Balaban J connectivity index is 2.12. The zero-order chi connectivity index (χ0) is 14.8. The van der Waals surface area contributed by atoms with E-state index in [9.17, 15) is 0 Å². The van der Waals surface area contributed by atoms with E-state index >= 15 is 0 Å². The molecule has 3 N–H and O–H groups in total. The van der Waals surface area contributed by atoms with Crippen molar-refractivity contribution >= 4 is 11.5 Å². The van der Waals surface area contributed by atoms with E-state index in [0.29, 0.717) is 6.04 Å². The maximum atomic E-state index is 6.19. The number of anilines is 2. The number of nitrogens with two attached hydrogens (primary N) is 1. The highest BCUT2D eigenvalue weighted by molar-refractivity contribution is 5.65. The average Bonchev–Trinajstić information content (AvgIpc) is 2.75. The van der Waals surface area contributed by atoms with Crippen LogP contribution in [0.15, 0.2) is 0 Å². The lowest BCUT2D eigenvalue weighted by molar-refractivity contribution is -0.0865. The van der Waals surface area contributed by atoms with Gasteiger partial charge in [-0.15, -0.1) is 0 Å². The first-order valence-electron chi connectivity index (χ1n) is 7.77. The molecule has 1 aromatic heterocycles. The molecule has 1 aliphatic rings. The second kappa shape index (κ2) is 6.04. The van der Waals surface area contributed by atoms with Gasteiger partial charge in [0.15, 0.2) is 0 Å². The van der Waals surface area contributed by atoms with Crippen molar-refractivity contribution < 1.29 is 4.74 Å². The molecule has 1 atom stereocenters. The van der Waals surface area contributed by atoms with E-state index in [-0.39, 0.29) is 5.60 Å². The predicted molar refractivity (Wildman–Crippen MR) is 82.9 cm³/mol. The molecular formula is C15H28N4O. The smallest absolute Gasteiger partial charge is 0.148 e. The lowest BCUT2D eigenvalue weighted by Crippen LogP contribution is -2.44. The molecule has 1 fully saturated rings. The molecule has 0 saturated carbocycles. The van der Waals surface area contributed by atoms with Gasteiger partial charge in [-0.3, -0.25) is 4.68 Å². The van der Waals surface area contributed by atoms with E-state index in [2.05, 4.69) is 31.2 Å². The Morgan fingerprint density at radius 2 is 2.10 bits per heavy atom. The molecule has 0 amide bonds. The van der Waals surface area contributed by atoms with Crippen molar-refractivity contribution in [3.63, 3.8) is 0 Å². The molecule has 114 valence electrons. The van der Waals surface area contributed by atoms with Gasteiger partial charge < -0.3 is 15.8 Å². The standard InChI is InChI=1S/C15H28N4O/c1-5-12-13(16)14(19(4)18-12)17-11-8-9-20-15(6-2,7-3)10-11/h11,17H,5-10,16H2,1-4H3. The van der Waals surface area contributed by atoms with Crippen LogP contribution in [0.5, 0.6) is 0 Å². The van der Waals surface area contributed by atoms with Crippen molar-refractivity contribution in [1.29, 1.82) is 0 Å². The first-order valence-corrected chi connectivity index (χ1v) is 7.77. The molecule has 5 heteroatoms. The van der Waals surface area contributed by atoms with Crippen LogP contribution in [0, 0.1) is 0 Å². The van der Waals surface area contributed by atoms with E-state index in [1.165, 1.54) is 0 Å². The summed E-state index contributed by atoms with van der Waals surface area (Å²) in [5.74, 6) is 0.954. The summed E-state index contributed by atoms with van der Waals surface area (Å²) in [6.07, 6.45) is 5.04. The number of aromatic nitrogens is 2. The summed E-state index contributed by atoms with van der Waals surface area (Å²) >= 11 is 0. The molecule has 20 heavy (non-hydrogen) atoms. The number of aryl methyl sites for hydroxylation is 2. The molecule has 0 bridgehead atoms. The van der Waals surface area contributed by atoms with Crippen LogP contribution >= 0.6 is 0 Å². The fraction of sp³-hybridized carbons (Fsp3) is 0.800. The van der Waals surface area contributed by atoms with Crippen molar-refractivity contribution in [1.82, 2.24) is 9.78 Å². The van der Waals surface area contributed by atoms with Crippen LogP contribution in [0.1, 0.15) is 52.1 Å². The molecule has 0 aromatic carbocycles. The monoisotopic (exact) mass is 280 g/mol. The van der Waals surface area contributed by atoms with Gasteiger partial charge in [0.05, 0.1) is 17.0 Å². The molecule has 1 aliphatic heterocycles. The fourth-order valence-electron chi connectivity index (χ4n) is 3.12. The molecular weight excluding hydrogens is 252 g/mol. The van der Waals surface area contributed by atoms with E-state index in [1.807, 2.05) is 11.7 Å². The van der Waals surface area contributed by atoms with E-state index in [4.69, 9.17) is 10.5 Å². The Morgan fingerprint density at radius 3 is 2.65 bits per heavy atom. The van der Waals surface area contributed by atoms with Gasteiger partial charge in [-0.25, -0.2) is 0 Å². The SMILES string of the molecule is CCc1nn(C)c(NC2CCOC(CC)(CC)C2)c1N. The Bertz CT molecular complexity index is 451. The second-order valence-corrected chi connectivity index (χ2v) is 5.76. The second-order valence-electron chi connectivity index (χ2n) is 5.76. The van der Waals surface area contributed by atoms with Gasteiger partial charge in [0.25, 0.3) is 0 Å². The van der Waals surface area contributed by atoms with E-state index in [0.717, 1.165) is 55.9 Å². The fourth-order valence-corrected chi connectivity index (χ4v) is 3.12. The van der Waals surface area contributed by atoms with Crippen LogP contribution in [-0.4, -0.2) is 28.0 Å². The molecule has 2 heterocycles. The number of hydrogen-bond donors (Lipinski definition) is 2. The Kier molecular flexibility index (Phi) is 4.58. The van der Waals surface area contributed by atoms with Crippen molar-refractivity contribution in [2.24, 2.45) is 7.05 Å². The van der Waals surface area contributed by atoms with Gasteiger partial charge >= 0.3 is 0 Å². The number of ether oxygens (including phenoxy) is 1. The van der Waals surface area contributed by atoms with Gasteiger partial charge in [-0.2, -0.15) is 5.10 Å². The zero-order valence-electron chi connectivity index (χ0n) is 13.2. The maximum Gasteiger partial charge on any atom is 0.148 e. The van der Waals surface area contributed by atoms with Crippen molar-refractivity contribution in [3.05, 3.63) is 5.69 Å². The van der Waals surface area contributed by atoms with Crippen LogP contribution < -0.4 is 11.1 Å². The number of nitrogen functional groups attached to an aromatic ring is 1. The van der Waals surface area contributed by atoms with E-state index < -0.39 is 0 Å². The summed E-state index contributed by atoms with van der Waals surface area (Å²) in [6, 6.07) is 0.408. The third kappa shape index (κ3) is 2.77. The summed E-state index contributed by atoms with van der Waals surface area (Å²) in [7, 11) is 1.95. The van der Waals surface area contributed by atoms with Gasteiger partial charge in [-0.1, -0.05) is 20.8 Å². The first kappa shape index (κ1) is 15.2. The third-order valence-corrected chi connectivity index (χ3v) is 4.62. The summed E-state index contributed by atoms with van der Waals surface area (Å²) in [4.78, 5) is 0. The summed E-state index contributed by atoms with van der Waals surface area (Å²) in [5, 5.41) is 8.06. The molecule has 0 aliphatic carbocycles. The van der Waals surface area contributed by atoms with Crippen LogP contribution in [0.2, 0.25) is 0 Å². The molecule has 1 aromatic rings. The largest absolute Gasteiger partial charge is 0.394 e. The topological polar surface area (TPSA) is 65.1 Å². The van der Waals surface area contributed by atoms with Crippen molar-refractivity contribution in [3.8, 4) is 0 Å². The predicted octanol–water partition coefficient (Wildman–Crippen LogP) is 2.71. The van der Waals surface area contributed by atoms with Crippen molar-refractivity contribution in [2.75, 3.05) is 17.7 Å². The Labute approximate surface area is 121 Å². The van der Waals surface area contributed by atoms with Gasteiger partial charge in [0.1, 0.15) is 5.82 Å². The number of rotatable bonds is 5. The quantitative estimate of drug-likeness (QED) is 0.870. The maximum absolute atomic E-state index is 6.19. The highest BCUT2D eigenvalue weighted by atomic mass is 16.5. The molecule has 1 saturated heterocycles. The number of hydrogen-bond acceptors (Lipinski definition) is 4. The summed E-state index contributed by atoms with van der Waals surface area (Å²) in [5.41, 5.74) is 7.98. The average molecular weight is 280 g/mol. The molecule has 0 radical (unpaired) electrons. The van der Waals surface area contributed by atoms with Gasteiger partial charge in [0.2, 0.25) is 0 Å². The minimum Gasteiger partial charge on any atom is -0.394 e. The third-order valence-electron chi connectivity index (χ3n) is 4.62. The Hall–Kier alpha value is -1.23. The summed E-state index contributed by atoms with van der Waals surface area (Å²) in [6.45, 7) is 7.31. The normalized spacial score (nSPS) is 21.9. The minimum atomic E-state index is 0.0247. The van der Waals surface area contributed by atoms with Gasteiger partial charge in [-0.05, 0) is 32.1 Å². The van der Waals surface area contributed by atoms with Crippen LogP contribution in [0.3, 0.4) is 0 Å². The first-order chi connectivity index (χ1) is 9.55. The summed E-state index contributed by atoms with van der Waals surface area (Å²) < 4.78 is 7.89. The van der Waals surface area contributed by atoms with Crippen molar-refractivity contribution in [2.45, 2.75) is 64.5 Å². The molecule has 0 spiro atoms. The zero-order valence-corrected chi connectivity index (χ0v) is 13.2. The molecule has 1 unspecified atom stereocenters. The van der Waals surface area contributed by atoms with Crippen LogP contribution in [0.4, 0.5) is 11.5 Å². The highest BCUT2D eigenvalue weighted by Gasteiger charge is 2.35. The van der Waals surface area contributed by atoms with Crippen LogP contribution in [0.25, 0.3) is 0 Å². The Morgan fingerprint density at radius 1 is 1.40 bits per heavy atom. The molecule has 5 nitrogen and oxygen atoms in total. The lowest BCUT2D eigenvalue weighted by Gasteiger charge is -2.40. The minimum absolute atomic E-state index is 0.0247. The number of nitrogens with zero attached hydrogens (tertiary/aromatic N) is 2. The molecule has 2 rings (SSSR count). The van der Waals surface area contributed by atoms with Crippen LogP contribution in [-0.2, 0) is 18.2 Å².